The summed E-state index contributed by atoms with van der Waals surface area (Å²) in [6.07, 6.45) is 3.82. The van der Waals surface area contributed by atoms with Gasteiger partial charge in [-0.05, 0) is 28.9 Å². The van der Waals surface area contributed by atoms with Crippen LogP contribution in [0.1, 0.15) is 44.7 Å². The zero-order valence-corrected chi connectivity index (χ0v) is 11.6. The molecule has 0 unspecified atom stereocenters. The first-order chi connectivity index (χ1) is 8.30. The van der Waals surface area contributed by atoms with Crippen LogP contribution in [0.5, 0.6) is 0 Å². The van der Waals surface area contributed by atoms with Crippen molar-refractivity contribution in [2.24, 2.45) is 5.41 Å². The van der Waals surface area contributed by atoms with Gasteiger partial charge in [0, 0.05) is 6.08 Å². The van der Waals surface area contributed by atoms with E-state index in [9.17, 15) is 4.79 Å². The van der Waals surface area contributed by atoms with Crippen molar-refractivity contribution < 1.29 is 9.90 Å². The summed E-state index contributed by atoms with van der Waals surface area (Å²) in [5.74, 6) is -0.350. The molecule has 1 aromatic rings. The summed E-state index contributed by atoms with van der Waals surface area (Å²) in [4.78, 5) is 10.5. The number of carboxylic acid groups (broad SMARTS) is 1. The molecular weight excluding hydrogens is 224 g/mol. The van der Waals surface area contributed by atoms with E-state index in [1.165, 1.54) is 17.2 Å². The van der Waals surface area contributed by atoms with Gasteiger partial charge >= 0.3 is 5.97 Å². The van der Waals surface area contributed by atoms with Crippen molar-refractivity contribution in [3.05, 3.63) is 47.5 Å². The van der Waals surface area contributed by atoms with Gasteiger partial charge in [0.25, 0.3) is 0 Å². The predicted octanol–water partition coefficient (Wildman–Crippen LogP) is 4.02. The van der Waals surface area contributed by atoms with E-state index in [1.54, 1.807) is 6.08 Å². The molecule has 1 N–H and O–H groups in total. The Balaban J connectivity index is 2.75. The van der Waals surface area contributed by atoms with Crippen LogP contribution in [0.4, 0.5) is 0 Å². The molecule has 1 rings (SSSR count). The Morgan fingerprint density at radius 1 is 1.28 bits per heavy atom. The van der Waals surface area contributed by atoms with Crippen molar-refractivity contribution in [1.82, 2.24) is 0 Å². The summed E-state index contributed by atoms with van der Waals surface area (Å²) in [5.41, 5.74) is 2.43. The van der Waals surface area contributed by atoms with E-state index in [1.807, 2.05) is 13.8 Å². The molecule has 18 heavy (non-hydrogen) atoms. The van der Waals surface area contributed by atoms with E-state index in [2.05, 4.69) is 38.1 Å². The molecule has 0 aliphatic carbocycles. The third kappa shape index (κ3) is 4.74. The third-order valence-corrected chi connectivity index (χ3v) is 2.98. The molecule has 0 saturated carbocycles. The van der Waals surface area contributed by atoms with Crippen molar-refractivity contribution in [2.75, 3.05) is 0 Å². The summed E-state index contributed by atoms with van der Waals surface area (Å²) in [6, 6.07) is 8.56. The zero-order valence-electron chi connectivity index (χ0n) is 11.6. The number of benzene rings is 1. The lowest BCUT2D eigenvalue weighted by Gasteiger charge is -2.20. The summed E-state index contributed by atoms with van der Waals surface area (Å²) in [7, 11) is 0. The molecule has 2 nitrogen and oxygen atoms in total. The van der Waals surface area contributed by atoms with Gasteiger partial charge in [-0.25, -0.2) is 4.79 Å². The van der Waals surface area contributed by atoms with Crippen molar-refractivity contribution >= 4 is 5.97 Å². The molecule has 0 aromatic heterocycles. The van der Waals surface area contributed by atoms with E-state index in [-0.39, 0.29) is 5.41 Å². The minimum Gasteiger partial charge on any atom is -0.478 e. The normalized spacial score (nSPS) is 12.3. The second-order valence-electron chi connectivity index (χ2n) is 5.73. The second-order valence-corrected chi connectivity index (χ2v) is 5.73. The highest BCUT2D eigenvalue weighted by Crippen LogP contribution is 2.24. The van der Waals surface area contributed by atoms with Crippen LogP contribution >= 0.6 is 0 Å². The highest BCUT2D eigenvalue weighted by atomic mass is 16.4. The second kappa shape index (κ2) is 5.85. The van der Waals surface area contributed by atoms with Gasteiger partial charge in [0.2, 0.25) is 0 Å². The highest BCUT2D eigenvalue weighted by Gasteiger charge is 2.15. The Hall–Kier alpha value is -1.57. The SMILES string of the molecule is CC(C)c1ccc(CC(C)(C)/C=C/C(=O)O)cc1. The van der Waals surface area contributed by atoms with Crippen LogP contribution in [0.3, 0.4) is 0 Å². The topological polar surface area (TPSA) is 37.3 Å². The molecule has 0 spiro atoms. The molecule has 0 bridgehead atoms. The standard InChI is InChI=1S/C16H22O2/c1-12(2)14-7-5-13(6-8-14)11-16(3,4)10-9-15(17)18/h5-10,12H,11H2,1-4H3,(H,17,18)/b10-9+. The van der Waals surface area contributed by atoms with E-state index in [0.29, 0.717) is 5.92 Å². The average Bonchev–Trinajstić information content (AvgIpc) is 2.27. The van der Waals surface area contributed by atoms with Crippen LogP contribution in [-0.4, -0.2) is 11.1 Å². The van der Waals surface area contributed by atoms with Gasteiger partial charge in [-0.15, -0.1) is 0 Å². The first kappa shape index (κ1) is 14.5. The molecule has 0 aliphatic rings. The van der Waals surface area contributed by atoms with Crippen LogP contribution < -0.4 is 0 Å². The molecule has 0 heterocycles. The van der Waals surface area contributed by atoms with E-state index < -0.39 is 5.97 Å². The fourth-order valence-corrected chi connectivity index (χ4v) is 1.90. The van der Waals surface area contributed by atoms with Crippen molar-refractivity contribution in [1.29, 1.82) is 0 Å². The summed E-state index contributed by atoms with van der Waals surface area (Å²) >= 11 is 0. The molecule has 2 heteroatoms. The van der Waals surface area contributed by atoms with Crippen molar-refractivity contribution in [2.45, 2.75) is 40.0 Å². The lowest BCUT2D eigenvalue weighted by atomic mass is 9.85. The van der Waals surface area contributed by atoms with Crippen LogP contribution in [0, 0.1) is 5.41 Å². The maximum atomic E-state index is 10.5. The molecular formula is C16H22O2. The Bertz CT molecular complexity index is 425. The lowest BCUT2D eigenvalue weighted by Crippen LogP contribution is -2.12. The summed E-state index contributed by atoms with van der Waals surface area (Å²) < 4.78 is 0. The summed E-state index contributed by atoms with van der Waals surface area (Å²) in [5, 5.41) is 8.65. The molecule has 0 saturated heterocycles. The number of aliphatic carboxylic acids is 1. The Labute approximate surface area is 109 Å². The van der Waals surface area contributed by atoms with Crippen LogP contribution in [-0.2, 0) is 11.2 Å². The van der Waals surface area contributed by atoms with Crippen molar-refractivity contribution in [3.63, 3.8) is 0 Å². The van der Waals surface area contributed by atoms with Crippen LogP contribution in [0.2, 0.25) is 0 Å². The largest absolute Gasteiger partial charge is 0.478 e. The van der Waals surface area contributed by atoms with Gasteiger partial charge in [0.1, 0.15) is 0 Å². The maximum Gasteiger partial charge on any atom is 0.327 e. The van der Waals surface area contributed by atoms with Gasteiger partial charge in [-0.2, -0.15) is 0 Å². The number of hydrogen-bond acceptors (Lipinski definition) is 1. The minimum absolute atomic E-state index is 0.141. The molecule has 0 amide bonds. The zero-order chi connectivity index (χ0) is 13.8. The molecule has 1 aromatic carbocycles. The lowest BCUT2D eigenvalue weighted by molar-refractivity contribution is -0.131. The Morgan fingerprint density at radius 3 is 2.28 bits per heavy atom. The van der Waals surface area contributed by atoms with E-state index in [0.717, 1.165) is 6.42 Å². The first-order valence-corrected chi connectivity index (χ1v) is 6.31. The number of allylic oxidation sites excluding steroid dienone is 1. The van der Waals surface area contributed by atoms with Crippen LogP contribution in [0.15, 0.2) is 36.4 Å². The van der Waals surface area contributed by atoms with E-state index in [4.69, 9.17) is 5.11 Å². The molecule has 0 aliphatic heterocycles. The molecule has 0 atom stereocenters. The summed E-state index contributed by atoms with van der Waals surface area (Å²) in [6.45, 7) is 8.44. The quantitative estimate of drug-likeness (QED) is 0.797. The molecule has 0 radical (unpaired) electrons. The smallest absolute Gasteiger partial charge is 0.327 e. The van der Waals surface area contributed by atoms with E-state index >= 15 is 0 Å². The predicted molar refractivity (Wildman–Crippen MR) is 74.8 cm³/mol. The minimum atomic E-state index is -0.891. The van der Waals surface area contributed by atoms with Gasteiger partial charge in [-0.1, -0.05) is 58.0 Å². The third-order valence-electron chi connectivity index (χ3n) is 2.98. The van der Waals surface area contributed by atoms with Gasteiger partial charge in [0.05, 0.1) is 0 Å². The first-order valence-electron chi connectivity index (χ1n) is 6.31. The number of carbonyl (C=O) groups is 1. The highest BCUT2D eigenvalue weighted by molar-refractivity contribution is 5.79. The van der Waals surface area contributed by atoms with Gasteiger partial charge in [-0.3, -0.25) is 0 Å². The maximum absolute atomic E-state index is 10.5. The monoisotopic (exact) mass is 246 g/mol. The molecule has 0 fully saturated rings. The number of carboxylic acids is 1. The fourth-order valence-electron chi connectivity index (χ4n) is 1.90. The Morgan fingerprint density at radius 2 is 1.83 bits per heavy atom. The number of rotatable bonds is 5. The molecule has 98 valence electrons. The van der Waals surface area contributed by atoms with Gasteiger partial charge in [0.15, 0.2) is 0 Å². The van der Waals surface area contributed by atoms with Crippen molar-refractivity contribution in [3.8, 4) is 0 Å². The number of hydrogen-bond donors (Lipinski definition) is 1. The fraction of sp³-hybridized carbons (Fsp3) is 0.438. The van der Waals surface area contributed by atoms with Gasteiger partial charge < -0.3 is 5.11 Å². The van der Waals surface area contributed by atoms with Crippen LogP contribution in [0.25, 0.3) is 0 Å². The average molecular weight is 246 g/mol. The Kier molecular flexibility index (Phi) is 4.71.